The fourth-order valence-corrected chi connectivity index (χ4v) is 1.34. The molecule has 0 radical (unpaired) electrons. The Morgan fingerprint density at radius 3 is 2.47 bits per heavy atom. The van der Waals surface area contributed by atoms with Crippen molar-refractivity contribution in [3.63, 3.8) is 0 Å². The van der Waals surface area contributed by atoms with Gasteiger partial charge in [0.2, 0.25) is 0 Å². The van der Waals surface area contributed by atoms with Gasteiger partial charge >= 0.3 is 0 Å². The van der Waals surface area contributed by atoms with E-state index in [-0.39, 0.29) is 0 Å². The topological polar surface area (TPSA) is 37.8 Å². The molecule has 1 heterocycles. The zero-order valence-electron chi connectivity index (χ0n) is 9.76. The Kier molecular flexibility index (Phi) is 4.33. The van der Waals surface area contributed by atoms with E-state index in [0.29, 0.717) is 16.9 Å². The molecule has 0 spiro atoms. The van der Waals surface area contributed by atoms with Crippen molar-refractivity contribution in [2.75, 3.05) is 11.9 Å². The molecule has 0 amide bonds. The first-order chi connectivity index (χ1) is 7.04. The Labute approximate surface area is 96.3 Å². The number of hydrogen-bond acceptors (Lipinski definition) is 3. The van der Waals surface area contributed by atoms with E-state index < -0.39 is 0 Å². The van der Waals surface area contributed by atoms with Crippen molar-refractivity contribution < 1.29 is 0 Å². The molecule has 1 N–H and O–H groups in total. The molecular formula is C11H18ClN3. The summed E-state index contributed by atoms with van der Waals surface area (Å²) >= 11 is 5.99. The van der Waals surface area contributed by atoms with Gasteiger partial charge in [0.15, 0.2) is 11.0 Å². The van der Waals surface area contributed by atoms with Crippen LogP contribution < -0.4 is 5.32 Å². The van der Waals surface area contributed by atoms with Gasteiger partial charge in [-0.25, -0.2) is 9.97 Å². The van der Waals surface area contributed by atoms with Crippen molar-refractivity contribution in [2.24, 2.45) is 5.92 Å². The summed E-state index contributed by atoms with van der Waals surface area (Å²) < 4.78 is 0. The lowest BCUT2D eigenvalue weighted by Gasteiger charge is -2.12. The number of nitrogens with zero attached hydrogens (tertiary/aromatic N) is 2. The van der Waals surface area contributed by atoms with Crippen LogP contribution >= 0.6 is 11.6 Å². The van der Waals surface area contributed by atoms with E-state index >= 15 is 0 Å². The Hall–Kier alpha value is -0.830. The molecule has 0 saturated heterocycles. The molecular weight excluding hydrogens is 210 g/mol. The fourth-order valence-electron chi connectivity index (χ4n) is 1.10. The van der Waals surface area contributed by atoms with Gasteiger partial charge < -0.3 is 5.32 Å². The molecule has 84 valence electrons. The van der Waals surface area contributed by atoms with Crippen LogP contribution in [-0.2, 0) is 0 Å². The summed E-state index contributed by atoms with van der Waals surface area (Å²) in [6, 6.07) is 0. The Morgan fingerprint density at radius 1 is 1.27 bits per heavy atom. The monoisotopic (exact) mass is 227 g/mol. The highest BCUT2D eigenvalue weighted by Crippen LogP contribution is 2.18. The SMILES string of the molecule is CCC(C)CNc1nc(C)c(C)nc1Cl. The average molecular weight is 228 g/mol. The minimum absolute atomic E-state index is 0.460. The van der Waals surface area contributed by atoms with Crippen molar-refractivity contribution in [2.45, 2.75) is 34.1 Å². The van der Waals surface area contributed by atoms with Crippen LogP contribution in [0.25, 0.3) is 0 Å². The van der Waals surface area contributed by atoms with Gasteiger partial charge in [-0.2, -0.15) is 0 Å². The molecule has 15 heavy (non-hydrogen) atoms. The van der Waals surface area contributed by atoms with E-state index in [0.717, 1.165) is 24.4 Å². The minimum Gasteiger partial charge on any atom is -0.367 e. The highest BCUT2D eigenvalue weighted by atomic mass is 35.5. The van der Waals surface area contributed by atoms with Crippen LogP contribution in [0.5, 0.6) is 0 Å². The van der Waals surface area contributed by atoms with Crippen LogP contribution in [0.15, 0.2) is 0 Å². The molecule has 0 aliphatic carbocycles. The van der Waals surface area contributed by atoms with Crippen molar-refractivity contribution in [3.05, 3.63) is 16.5 Å². The zero-order valence-corrected chi connectivity index (χ0v) is 10.5. The van der Waals surface area contributed by atoms with Crippen molar-refractivity contribution in [1.82, 2.24) is 9.97 Å². The Balaban J connectivity index is 2.73. The smallest absolute Gasteiger partial charge is 0.171 e. The van der Waals surface area contributed by atoms with E-state index in [9.17, 15) is 0 Å². The second-order valence-electron chi connectivity index (χ2n) is 3.93. The van der Waals surface area contributed by atoms with Crippen LogP contribution in [0, 0.1) is 19.8 Å². The van der Waals surface area contributed by atoms with Gasteiger partial charge in [0.25, 0.3) is 0 Å². The molecule has 1 aromatic heterocycles. The van der Waals surface area contributed by atoms with E-state index in [1.54, 1.807) is 0 Å². The Morgan fingerprint density at radius 2 is 1.87 bits per heavy atom. The number of nitrogens with one attached hydrogen (secondary N) is 1. The number of anilines is 1. The lowest BCUT2D eigenvalue weighted by molar-refractivity contribution is 0.592. The van der Waals surface area contributed by atoms with Gasteiger partial charge in [-0.05, 0) is 19.8 Å². The maximum absolute atomic E-state index is 5.99. The number of aromatic nitrogens is 2. The summed E-state index contributed by atoms with van der Waals surface area (Å²) in [7, 11) is 0. The summed E-state index contributed by atoms with van der Waals surface area (Å²) in [5.41, 5.74) is 1.81. The van der Waals surface area contributed by atoms with Crippen LogP contribution in [0.1, 0.15) is 31.7 Å². The zero-order chi connectivity index (χ0) is 11.4. The van der Waals surface area contributed by atoms with Gasteiger partial charge in [0.1, 0.15) is 0 Å². The standard InChI is InChI=1S/C11H18ClN3/c1-5-7(2)6-13-11-10(12)14-8(3)9(4)15-11/h7H,5-6H2,1-4H3,(H,13,15). The quantitative estimate of drug-likeness (QED) is 0.859. The molecule has 0 aliphatic heterocycles. The number of aryl methyl sites for hydroxylation is 2. The predicted molar refractivity (Wildman–Crippen MR) is 64.5 cm³/mol. The van der Waals surface area contributed by atoms with Crippen molar-refractivity contribution in [3.8, 4) is 0 Å². The van der Waals surface area contributed by atoms with Crippen LogP contribution in [0.2, 0.25) is 5.15 Å². The van der Waals surface area contributed by atoms with Crippen LogP contribution in [-0.4, -0.2) is 16.5 Å². The highest BCUT2D eigenvalue weighted by molar-refractivity contribution is 6.31. The van der Waals surface area contributed by atoms with E-state index in [2.05, 4.69) is 29.1 Å². The molecule has 0 fully saturated rings. The van der Waals surface area contributed by atoms with Crippen molar-refractivity contribution in [1.29, 1.82) is 0 Å². The number of rotatable bonds is 4. The Bertz CT molecular complexity index is 339. The maximum Gasteiger partial charge on any atom is 0.171 e. The lowest BCUT2D eigenvalue weighted by atomic mass is 10.1. The molecule has 0 bridgehead atoms. The summed E-state index contributed by atoms with van der Waals surface area (Å²) in [6.07, 6.45) is 1.14. The predicted octanol–water partition coefficient (Wildman–Crippen LogP) is 3.20. The van der Waals surface area contributed by atoms with Gasteiger partial charge in [-0.1, -0.05) is 31.9 Å². The summed E-state index contributed by atoms with van der Waals surface area (Å²) in [4.78, 5) is 8.59. The molecule has 1 unspecified atom stereocenters. The van der Waals surface area contributed by atoms with Crippen LogP contribution in [0.3, 0.4) is 0 Å². The molecule has 0 saturated carbocycles. The molecule has 1 atom stereocenters. The second kappa shape index (κ2) is 5.31. The summed E-state index contributed by atoms with van der Waals surface area (Å²) in [5.74, 6) is 1.31. The van der Waals surface area contributed by atoms with Crippen molar-refractivity contribution >= 4 is 17.4 Å². The highest BCUT2D eigenvalue weighted by Gasteiger charge is 2.07. The van der Waals surface area contributed by atoms with E-state index in [1.165, 1.54) is 0 Å². The number of halogens is 1. The minimum atomic E-state index is 0.460. The fraction of sp³-hybridized carbons (Fsp3) is 0.636. The first-order valence-corrected chi connectivity index (χ1v) is 5.67. The maximum atomic E-state index is 5.99. The number of hydrogen-bond donors (Lipinski definition) is 1. The van der Waals surface area contributed by atoms with Gasteiger partial charge in [-0.3, -0.25) is 0 Å². The third kappa shape index (κ3) is 3.34. The third-order valence-electron chi connectivity index (χ3n) is 2.58. The molecule has 4 heteroatoms. The van der Waals surface area contributed by atoms with Gasteiger partial charge in [-0.15, -0.1) is 0 Å². The normalized spacial score (nSPS) is 12.6. The second-order valence-corrected chi connectivity index (χ2v) is 4.29. The van der Waals surface area contributed by atoms with E-state index in [4.69, 9.17) is 11.6 Å². The average Bonchev–Trinajstić information content (AvgIpc) is 2.21. The summed E-state index contributed by atoms with van der Waals surface area (Å²) in [5, 5.41) is 3.69. The lowest BCUT2D eigenvalue weighted by Crippen LogP contribution is -2.12. The molecule has 0 aliphatic rings. The molecule has 1 rings (SSSR count). The third-order valence-corrected chi connectivity index (χ3v) is 2.84. The largest absolute Gasteiger partial charge is 0.367 e. The van der Waals surface area contributed by atoms with Gasteiger partial charge in [0.05, 0.1) is 11.4 Å². The first kappa shape index (κ1) is 12.2. The molecule has 0 aromatic carbocycles. The molecule has 3 nitrogen and oxygen atoms in total. The van der Waals surface area contributed by atoms with E-state index in [1.807, 2.05) is 13.8 Å². The summed E-state index contributed by atoms with van der Waals surface area (Å²) in [6.45, 7) is 9.09. The van der Waals surface area contributed by atoms with Gasteiger partial charge in [0, 0.05) is 6.54 Å². The first-order valence-electron chi connectivity index (χ1n) is 5.29. The van der Waals surface area contributed by atoms with Crippen LogP contribution in [0.4, 0.5) is 5.82 Å². The molecule has 1 aromatic rings.